The van der Waals surface area contributed by atoms with Gasteiger partial charge in [-0.25, -0.2) is 9.99 Å². The molecule has 5 rings (SSSR count). The lowest BCUT2D eigenvalue weighted by Crippen LogP contribution is -2.30. The van der Waals surface area contributed by atoms with E-state index in [1.807, 2.05) is 36.4 Å². The first-order chi connectivity index (χ1) is 15.2. The molecule has 1 aliphatic rings. The molecule has 0 N–H and O–H groups in total. The Morgan fingerprint density at radius 2 is 1.87 bits per heavy atom. The second kappa shape index (κ2) is 8.07. The van der Waals surface area contributed by atoms with Gasteiger partial charge in [0.2, 0.25) is 0 Å². The highest BCUT2D eigenvalue weighted by Gasteiger charge is 2.33. The van der Waals surface area contributed by atoms with Gasteiger partial charge in [0.05, 0.1) is 25.2 Å². The summed E-state index contributed by atoms with van der Waals surface area (Å²) in [5.74, 6) is 0.711. The molecule has 4 aromatic rings. The van der Waals surface area contributed by atoms with Crippen LogP contribution in [-0.2, 0) is 11.3 Å². The first-order valence-corrected chi connectivity index (χ1v) is 10.2. The third kappa shape index (κ3) is 3.80. The Labute approximate surface area is 180 Å². The maximum atomic E-state index is 13.2. The van der Waals surface area contributed by atoms with E-state index in [0.717, 1.165) is 28.0 Å². The van der Waals surface area contributed by atoms with E-state index in [4.69, 9.17) is 9.84 Å². The van der Waals surface area contributed by atoms with Gasteiger partial charge in [0.25, 0.3) is 5.91 Å². The van der Waals surface area contributed by atoms with Crippen LogP contribution < -0.4 is 4.74 Å². The number of benzene rings is 3. The number of hydrazone groups is 1. The molecule has 0 spiro atoms. The van der Waals surface area contributed by atoms with Gasteiger partial charge >= 0.3 is 0 Å². The Morgan fingerprint density at radius 1 is 1.06 bits per heavy atom. The lowest BCUT2D eigenvalue weighted by molar-refractivity contribution is -0.133. The molecule has 2 heterocycles. The number of carbonyl (C=O) groups excluding carboxylic acids is 1. The molecule has 31 heavy (non-hydrogen) atoms. The topological polar surface area (TPSA) is 59.7 Å². The Morgan fingerprint density at radius 3 is 2.61 bits per heavy atom. The number of methoxy groups -OCH3 is 1. The number of hydrogen-bond donors (Lipinski definition) is 0. The minimum absolute atomic E-state index is 0.0744. The minimum atomic E-state index is -0.164. The first-order valence-electron chi connectivity index (χ1n) is 10.2. The number of fused-ring (bicyclic) bond motifs is 1. The molecule has 0 fully saturated rings. The van der Waals surface area contributed by atoms with E-state index < -0.39 is 0 Å². The molecule has 6 nitrogen and oxygen atoms in total. The molecule has 6 heteroatoms. The van der Waals surface area contributed by atoms with Crippen molar-refractivity contribution in [3.8, 4) is 5.75 Å². The molecule has 1 aromatic heterocycles. The summed E-state index contributed by atoms with van der Waals surface area (Å²) in [6, 6.07) is 22.3. The number of nitrogens with zero attached hydrogens (tertiary/aromatic N) is 4. The highest BCUT2D eigenvalue weighted by atomic mass is 16.5. The van der Waals surface area contributed by atoms with Crippen molar-refractivity contribution in [1.82, 2.24) is 14.6 Å². The Balaban J connectivity index is 1.49. The smallest absolute Gasteiger partial charge is 0.263 e. The predicted octanol–water partition coefficient (Wildman–Crippen LogP) is 4.42. The van der Waals surface area contributed by atoms with E-state index in [2.05, 4.69) is 35.3 Å². The van der Waals surface area contributed by atoms with E-state index >= 15 is 0 Å². The van der Waals surface area contributed by atoms with Crippen LogP contribution >= 0.6 is 0 Å². The normalized spacial score (nSPS) is 15.8. The number of amides is 1. The van der Waals surface area contributed by atoms with E-state index in [1.165, 1.54) is 5.39 Å². The highest BCUT2D eigenvalue weighted by Crippen LogP contribution is 2.34. The lowest BCUT2D eigenvalue weighted by Gasteiger charge is -2.22. The summed E-state index contributed by atoms with van der Waals surface area (Å²) in [5, 5.41) is 8.74. The van der Waals surface area contributed by atoms with Crippen molar-refractivity contribution < 1.29 is 9.53 Å². The van der Waals surface area contributed by atoms with Crippen LogP contribution in [0.15, 0.2) is 90.6 Å². The molecule has 0 aliphatic carbocycles. The second-order valence-electron chi connectivity index (χ2n) is 7.58. The number of imidazole rings is 1. The third-order valence-corrected chi connectivity index (χ3v) is 5.63. The molecule has 0 saturated heterocycles. The van der Waals surface area contributed by atoms with Crippen molar-refractivity contribution in [1.29, 1.82) is 0 Å². The SMILES string of the molecule is COc1ccc([C@H]2CC(c3ccc4ccccc4c3)=NN2C(=O)Cn2ccnc2)cc1. The van der Waals surface area contributed by atoms with Crippen LogP contribution in [0.1, 0.15) is 23.6 Å². The fourth-order valence-corrected chi connectivity index (χ4v) is 3.98. The zero-order valence-corrected chi connectivity index (χ0v) is 17.2. The lowest BCUT2D eigenvalue weighted by atomic mass is 9.97. The van der Waals surface area contributed by atoms with Gasteiger partial charge in [-0.1, -0.05) is 48.5 Å². The summed E-state index contributed by atoms with van der Waals surface area (Å²) >= 11 is 0. The van der Waals surface area contributed by atoms with Gasteiger partial charge in [-0.3, -0.25) is 4.79 Å². The van der Waals surface area contributed by atoms with Crippen molar-refractivity contribution in [2.45, 2.75) is 19.0 Å². The van der Waals surface area contributed by atoms with E-state index in [-0.39, 0.29) is 18.5 Å². The summed E-state index contributed by atoms with van der Waals surface area (Å²) in [6.07, 6.45) is 5.75. The molecule has 0 bridgehead atoms. The fraction of sp³-hybridized carbons (Fsp3) is 0.160. The number of aromatic nitrogens is 2. The summed E-state index contributed by atoms with van der Waals surface area (Å²) < 4.78 is 7.05. The van der Waals surface area contributed by atoms with Gasteiger partial charge in [-0.15, -0.1) is 0 Å². The van der Waals surface area contributed by atoms with Crippen molar-refractivity contribution in [2.24, 2.45) is 5.10 Å². The van der Waals surface area contributed by atoms with Gasteiger partial charge in [0.15, 0.2) is 0 Å². The van der Waals surface area contributed by atoms with Crippen LogP contribution in [-0.4, -0.2) is 33.3 Å². The third-order valence-electron chi connectivity index (χ3n) is 5.63. The van der Waals surface area contributed by atoms with Crippen LogP contribution in [0.2, 0.25) is 0 Å². The average molecular weight is 410 g/mol. The van der Waals surface area contributed by atoms with Crippen molar-refractivity contribution in [2.75, 3.05) is 7.11 Å². The predicted molar refractivity (Wildman–Crippen MR) is 120 cm³/mol. The monoisotopic (exact) mass is 410 g/mol. The summed E-state index contributed by atoms with van der Waals surface area (Å²) in [4.78, 5) is 17.2. The van der Waals surface area contributed by atoms with E-state index in [9.17, 15) is 4.79 Å². The number of ether oxygens (including phenoxy) is 1. The first kappa shape index (κ1) is 19.1. The van der Waals surface area contributed by atoms with Crippen LogP contribution in [0.4, 0.5) is 0 Å². The van der Waals surface area contributed by atoms with Gasteiger partial charge in [-0.2, -0.15) is 5.10 Å². The molecule has 0 unspecified atom stereocenters. The van der Waals surface area contributed by atoms with E-state index in [0.29, 0.717) is 6.42 Å². The summed E-state index contributed by atoms with van der Waals surface area (Å²) in [7, 11) is 1.65. The van der Waals surface area contributed by atoms with Gasteiger partial charge < -0.3 is 9.30 Å². The zero-order valence-electron chi connectivity index (χ0n) is 17.2. The molecule has 1 aliphatic heterocycles. The minimum Gasteiger partial charge on any atom is -0.497 e. The molecule has 0 saturated carbocycles. The second-order valence-corrected chi connectivity index (χ2v) is 7.58. The maximum absolute atomic E-state index is 13.2. The summed E-state index contributed by atoms with van der Waals surface area (Å²) in [6.45, 7) is 0.196. The standard InChI is InChI=1S/C25H22N4O2/c1-31-22-10-8-19(9-11-22)24-15-23(21-7-6-18-4-2-3-5-20(18)14-21)27-29(24)25(30)16-28-13-12-26-17-28/h2-14,17,24H,15-16H2,1H3/t24-/m1/s1. The van der Waals surface area contributed by atoms with Crippen LogP contribution in [0.5, 0.6) is 5.75 Å². The molecule has 1 amide bonds. The Bertz CT molecular complexity index is 1250. The molecule has 0 radical (unpaired) electrons. The largest absolute Gasteiger partial charge is 0.497 e. The summed E-state index contributed by atoms with van der Waals surface area (Å²) in [5.41, 5.74) is 2.97. The molecule has 3 aromatic carbocycles. The van der Waals surface area contributed by atoms with Gasteiger partial charge in [0.1, 0.15) is 12.3 Å². The van der Waals surface area contributed by atoms with Crippen molar-refractivity contribution in [3.63, 3.8) is 0 Å². The van der Waals surface area contributed by atoms with Gasteiger partial charge in [0, 0.05) is 18.8 Å². The van der Waals surface area contributed by atoms with Crippen LogP contribution in [0, 0.1) is 0 Å². The Hall–Kier alpha value is -3.93. The number of hydrogen-bond acceptors (Lipinski definition) is 4. The average Bonchev–Trinajstić information content (AvgIpc) is 3.49. The molecular weight excluding hydrogens is 388 g/mol. The van der Waals surface area contributed by atoms with Crippen molar-refractivity contribution >= 4 is 22.4 Å². The highest BCUT2D eigenvalue weighted by molar-refractivity contribution is 6.05. The quantitative estimate of drug-likeness (QED) is 0.489. The Kier molecular flexibility index (Phi) is 4.96. The van der Waals surface area contributed by atoms with Crippen LogP contribution in [0.3, 0.4) is 0 Å². The van der Waals surface area contributed by atoms with E-state index in [1.54, 1.807) is 35.4 Å². The zero-order chi connectivity index (χ0) is 21.2. The molecule has 1 atom stereocenters. The van der Waals surface area contributed by atoms with Crippen molar-refractivity contribution in [3.05, 3.63) is 96.6 Å². The molecular formula is C25H22N4O2. The van der Waals surface area contributed by atoms with Crippen LogP contribution in [0.25, 0.3) is 10.8 Å². The molecule has 154 valence electrons. The number of carbonyl (C=O) groups is 1. The fourth-order valence-electron chi connectivity index (χ4n) is 3.98. The maximum Gasteiger partial charge on any atom is 0.263 e. The number of rotatable bonds is 5. The van der Waals surface area contributed by atoms with Gasteiger partial charge in [-0.05, 0) is 40.1 Å².